The summed E-state index contributed by atoms with van der Waals surface area (Å²) < 4.78 is 31.1. The van der Waals surface area contributed by atoms with Crippen LogP contribution in [0.2, 0.25) is 0 Å². The second-order valence-corrected chi connectivity index (χ2v) is 9.89. The molecule has 8 heteroatoms. The van der Waals surface area contributed by atoms with Crippen LogP contribution in [-0.4, -0.2) is 32.7 Å². The highest BCUT2D eigenvalue weighted by atomic mass is 32.2. The molecule has 4 rings (SSSR count). The Morgan fingerprint density at radius 2 is 1.62 bits per heavy atom. The summed E-state index contributed by atoms with van der Waals surface area (Å²) in [5.74, 6) is -1.78. The number of sulfone groups is 1. The van der Waals surface area contributed by atoms with Gasteiger partial charge in [0.05, 0.1) is 21.4 Å². The van der Waals surface area contributed by atoms with Gasteiger partial charge in [0.25, 0.3) is 5.91 Å². The number of hydrogen-bond donors (Lipinski definition) is 1. The molecule has 0 saturated carbocycles. The summed E-state index contributed by atoms with van der Waals surface area (Å²) in [6.07, 6.45) is 0.918. The Morgan fingerprint density at radius 3 is 2.32 bits per heavy atom. The molecule has 1 aliphatic rings. The van der Waals surface area contributed by atoms with Crippen molar-refractivity contribution >= 4 is 27.5 Å². The molecule has 1 aliphatic heterocycles. The van der Waals surface area contributed by atoms with Crippen LogP contribution in [0.4, 0.5) is 0 Å². The smallest absolute Gasteiger partial charge is 0.338 e. The van der Waals surface area contributed by atoms with Gasteiger partial charge in [0.2, 0.25) is 9.84 Å². The molecular weight excluding hydrogens is 454 g/mol. The number of fused-ring (bicyclic) bond motifs is 2. The number of carbonyl (C=O) groups excluding carboxylic acids is 3. The lowest BCUT2D eigenvalue weighted by Gasteiger charge is -2.19. The van der Waals surface area contributed by atoms with Crippen molar-refractivity contribution in [3.05, 3.63) is 94.5 Å². The van der Waals surface area contributed by atoms with Crippen LogP contribution in [-0.2, 0) is 25.8 Å². The molecule has 0 aliphatic carbocycles. The van der Waals surface area contributed by atoms with Crippen LogP contribution in [0.3, 0.4) is 0 Å². The second-order valence-electron chi connectivity index (χ2n) is 8.00. The normalized spacial score (nSPS) is 14.5. The fourth-order valence-electron chi connectivity index (χ4n) is 3.83. The number of carbonyl (C=O) groups is 3. The fraction of sp³-hybridized carbons (Fsp3) is 0.192. The molecule has 0 spiro atoms. The number of ketones is 1. The molecule has 0 saturated heterocycles. The van der Waals surface area contributed by atoms with Gasteiger partial charge >= 0.3 is 5.97 Å². The highest BCUT2D eigenvalue weighted by molar-refractivity contribution is 7.91. The molecule has 34 heavy (non-hydrogen) atoms. The number of amides is 1. The van der Waals surface area contributed by atoms with E-state index in [0.29, 0.717) is 0 Å². The Hall–Kier alpha value is -3.78. The predicted octanol–water partition coefficient (Wildman–Crippen LogP) is 3.66. The molecule has 0 fully saturated rings. The van der Waals surface area contributed by atoms with E-state index in [-0.39, 0.29) is 32.5 Å². The maximum absolute atomic E-state index is 13.0. The van der Waals surface area contributed by atoms with Crippen molar-refractivity contribution in [1.29, 1.82) is 0 Å². The van der Waals surface area contributed by atoms with E-state index in [9.17, 15) is 22.8 Å². The molecule has 0 bridgehead atoms. The van der Waals surface area contributed by atoms with Gasteiger partial charge < -0.3 is 10.1 Å². The monoisotopic (exact) mass is 477 g/mol. The maximum atomic E-state index is 13.0. The molecule has 1 N–H and O–H groups in total. The molecule has 7 nitrogen and oxygen atoms in total. The van der Waals surface area contributed by atoms with E-state index < -0.39 is 34.1 Å². The van der Waals surface area contributed by atoms with Crippen LogP contribution in [0.1, 0.15) is 57.3 Å². The number of ether oxygens (including phenoxy) is 1. The molecule has 1 atom stereocenters. The third-order valence-electron chi connectivity index (χ3n) is 5.77. The molecule has 3 aromatic rings. The van der Waals surface area contributed by atoms with E-state index in [2.05, 4.69) is 12.2 Å². The van der Waals surface area contributed by atoms with E-state index in [1.165, 1.54) is 35.9 Å². The molecule has 1 unspecified atom stereocenters. The molecule has 0 radical (unpaired) electrons. The summed E-state index contributed by atoms with van der Waals surface area (Å²) in [5.41, 5.74) is 2.14. The summed E-state index contributed by atoms with van der Waals surface area (Å²) in [5, 5.41) is 2.76. The molecular formula is C26H23NO6S. The van der Waals surface area contributed by atoms with E-state index >= 15 is 0 Å². The average Bonchev–Trinajstić information content (AvgIpc) is 2.85. The van der Waals surface area contributed by atoms with Crippen LogP contribution in [0.15, 0.2) is 76.5 Å². The zero-order valence-electron chi connectivity index (χ0n) is 18.7. The van der Waals surface area contributed by atoms with Crippen molar-refractivity contribution < 1.29 is 27.5 Å². The lowest BCUT2D eigenvalue weighted by Crippen LogP contribution is -2.31. The number of rotatable bonds is 6. The van der Waals surface area contributed by atoms with E-state index in [0.717, 1.165) is 18.1 Å². The van der Waals surface area contributed by atoms with Crippen LogP contribution < -0.4 is 5.32 Å². The molecule has 1 heterocycles. The topological polar surface area (TPSA) is 107 Å². The van der Waals surface area contributed by atoms with Gasteiger partial charge in [-0.3, -0.25) is 9.59 Å². The molecule has 1 amide bonds. The first-order valence-corrected chi connectivity index (χ1v) is 12.3. The van der Waals surface area contributed by atoms with E-state index in [1.807, 2.05) is 31.2 Å². The summed E-state index contributed by atoms with van der Waals surface area (Å²) in [7, 11) is -3.98. The summed E-state index contributed by atoms with van der Waals surface area (Å²) in [6, 6.07) is 17.2. The van der Waals surface area contributed by atoms with Crippen LogP contribution in [0, 0.1) is 0 Å². The zero-order valence-corrected chi connectivity index (χ0v) is 19.5. The first-order valence-electron chi connectivity index (χ1n) is 10.8. The third kappa shape index (κ3) is 4.36. The van der Waals surface area contributed by atoms with Crippen molar-refractivity contribution in [2.45, 2.75) is 36.1 Å². The molecule has 0 aromatic heterocycles. The van der Waals surface area contributed by atoms with E-state index in [1.54, 1.807) is 6.07 Å². The van der Waals surface area contributed by atoms with Gasteiger partial charge in [-0.05, 0) is 54.8 Å². The average molecular weight is 478 g/mol. The Balaban J connectivity index is 1.44. The van der Waals surface area contributed by atoms with Gasteiger partial charge in [0.15, 0.2) is 12.4 Å². The van der Waals surface area contributed by atoms with Crippen molar-refractivity contribution in [1.82, 2.24) is 5.32 Å². The largest absolute Gasteiger partial charge is 0.452 e. The second kappa shape index (κ2) is 9.23. The standard InChI is InChI=1S/C26H23NO6S/c1-3-17-8-10-18(11-9-17)16(2)27-24(28)15-33-26(30)19-12-13-21-23(14-19)34(31,32)22-7-5-4-6-20(22)25(21)29/h4-14,16H,3,15H2,1-2H3,(H,27,28). The maximum Gasteiger partial charge on any atom is 0.338 e. The van der Waals surface area contributed by atoms with Gasteiger partial charge in [-0.2, -0.15) is 0 Å². The number of aryl methyl sites for hydroxylation is 1. The minimum Gasteiger partial charge on any atom is -0.452 e. The SMILES string of the molecule is CCc1ccc(C(C)NC(=O)COC(=O)c2ccc3c(c2)S(=O)(=O)c2ccccc2C3=O)cc1. The van der Waals surface area contributed by atoms with Gasteiger partial charge in [0.1, 0.15) is 0 Å². The van der Waals surface area contributed by atoms with Crippen molar-refractivity contribution in [3.63, 3.8) is 0 Å². The van der Waals surface area contributed by atoms with Crippen LogP contribution >= 0.6 is 0 Å². The van der Waals surface area contributed by atoms with Crippen molar-refractivity contribution in [2.75, 3.05) is 6.61 Å². The zero-order chi connectivity index (χ0) is 24.5. The minimum atomic E-state index is -3.98. The lowest BCUT2D eigenvalue weighted by molar-refractivity contribution is -0.124. The third-order valence-corrected chi connectivity index (χ3v) is 7.62. The Morgan fingerprint density at radius 1 is 0.941 bits per heavy atom. The molecule has 3 aromatic carbocycles. The molecule has 174 valence electrons. The van der Waals surface area contributed by atoms with Gasteiger partial charge in [-0.1, -0.05) is 43.3 Å². The van der Waals surface area contributed by atoms with E-state index in [4.69, 9.17) is 4.74 Å². The first-order chi connectivity index (χ1) is 16.2. The predicted molar refractivity (Wildman–Crippen MR) is 124 cm³/mol. The lowest BCUT2D eigenvalue weighted by atomic mass is 10.0. The Kier molecular flexibility index (Phi) is 6.34. The quantitative estimate of drug-likeness (QED) is 0.425. The summed E-state index contributed by atoms with van der Waals surface area (Å²) >= 11 is 0. The number of hydrogen-bond acceptors (Lipinski definition) is 6. The minimum absolute atomic E-state index is 0.00379. The van der Waals surface area contributed by atoms with Crippen LogP contribution in [0.5, 0.6) is 0 Å². The summed E-state index contributed by atoms with van der Waals surface area (Å²) in [6.45, 7) is 3.36. The highest BCUT2D eigenvalue weighted by Gasteiger charge is 2.35. The Labute approximate surface area is 197 Å². The number of esters is 1. The highest BCUT2D eigenvalue weighted by Crippen LogP contribution is 2.34. The van der Waals surface area contributed by atoms with Crippen molar-refractivity contribution in [3.8, 4) is 0 Å². The fourth-order valence-corrected chi connectivity index (χ4v) is 5.51. The Bertz CT molecular complexity index is 1390. The first kappa shape index (κ1) is 23.4. The summed E-state index contributed by atoms with van der Waals surface area (Å²) in [4.78, 5) is 37.2. The van der Waals surface area contributed by atoms with Crippen molar-refractivity contribution in [2.24, 2.45) is 0 Å². The van der Waals surface area contributed by atoms with Gasteiger partial charge in [-0.25, -0.2) is 13.2 Å². The van der Waals surface area contributed by atoms with Gasteiger partial charge in [0, 0.05) is 11.1 Å². The number of benzene rings is 3. The van der Waals surface area contributed by atoms with Gasteiger partial charge in [-0.15, -0.1) is 0 Å². The number of nitrogens with one attached hydrogen (secondary N) is 1. The van der Waals surface area contributed by atoms with Crippen LogP contribution in [0.25, 0.3) is 0 Å².